The van der Waals surface area contributed by atoms with Crippen molar-refractivity contribution in [2.75, 3.05) is 11.6 Å². The van der Waals surface area contributed by atoms with Gasteiger partial charge in [0.2, 0.25) is 0 Å². The highest BCUT2D eigenvalue weighted by Crippen LogP contribution is 2.40. The first-order valence-electron chi connectivity index (χ1n) is 8.25. The number of rotatable bonds is 2. The highest BCUT2D eigenvalue weighted by atomic mass is 19.1. The number of nitrogens with zero attached hydrogens (tertiary/aromatic N) is 3. The average Bonchev–Trinajstić information content (AvgIpc) is 3.45. The molecular formula is C20H16FN3. The molecule has 0 amide bonds. The van der Waals surface area contributed by atoms with Crippen molar-refractivity contribution in [1.82, 2.24) is 4.98 Å². The van der Waals surface area contributed by atoms with Gasteiger partial charge < -0.3 is 4.90 Å². The maximum Gasteiger partial charge on any atom is 0.128 e. The van der Waals surface area contributed by atoms with Crippen LogP contribution in [0.3, 0.4) is 0 Å². The van der Waals surface area contributed by atoms with Gasteiger partial charge in [-0.3, -0.25) is 9.98 Å². The van der Waals surface area contributed by atoms with Gasteiger partial charge in [-0.2, -0.15) is 0 Å². The number of benzene rings is 2. The van der Waals surface area contributed by atoms with Crippen LogP contribution in [0.5, 0.6) is 0 Å². The van der Waals surface area contributed by atoms with Crippen LogP contribution < -0.4 is 15.5 Å². The monoisotopic (exact) mass is 317 g/mol. The van der Waals surface area contributed by atoms with Gasteiger partial charge in [0.05, 0.1) is 17.2 Å². The van der Waals surface area contributed by atoms with Crippen LogP contribution in [0.25, 0.3) is 17.0 Å². The lowest BCUT2D eigenvalue weighted by atomic mass is 10.1. The second-order valence-corrected chi connectivity index (χ2v) is 6.48. The van der Waals surface area contributed by atoms with Gasteiger partial charge in [-0.15, -0.1) is 0 Å². The van der Waals surface area contributed by atoms with Gasteiger partial charge in [0, 0.05) is 34.5 Å². The summed E-state index contributed by atoms with van der Waals surface area (Å²) >= 11 is 0. The summed E-state index contributed by atoms with van der Waals surface area (Å²) in [5.74, 6) is 0.270. The summed E-state index contributed by atoms with van der Waals surface area (Å²) < 4.78 is 14.2. The minimum Gasteiger partial charge on any atom is -0.325 e. The summed E-state index contributed by atoms with van der Waals surface area (Å²) in [6.07, 6.45) is 7.98. The molecule has 1 aromatic heterocycles. The van der Waals surface area contributed by atoms with Crippen LogP contribution in [0.1, 0.15) is 24.3 Å². The van der Waals surface area contributed by atoms with Gasteiger partial charge in [0.25, 0.3) is 0 Å². The molecule has 2 heterocycles. The van der Waals surface area contributed by atoms with Crippen molar-refractivity contribution in [1.29, 1.82) is 0 Å². The number of hydrogen-bond acceptors (Lipinski definition) is 3. The van der Waals surface area contributed by atoms with Crippen LogP contribution in [0, 0.1) is 5.82 Å². The molecule has 5 rings (SSSR count). The predicted molar refractivity (Wildman–Crippen MR) is 92.7 cm³/mol. The topological polar surface area (TPSA) is 28.5 Å². The molecule has 1 aliphatic carbocycles. The summed E-state index contributed by atoms with van der Waals surface area (Å²) in [6, 6.07) is 11.7. The molecule has 0 N–H and O–H groups in total. The molecule has 0 saturated heterocycles. The molecule has 3 aromatic rings. The van der Waals surface area contributed by atoms with Gasteiger partial charge in [-0.25, -0.2) is 4.39 Å². The number of fused-ring (bicyclic) bond motifs is 2. The van der Waals surface area contributed by atoms with Crippen LogP contribution in [-0.2, 0) is 0 Å². The summed E-state index contributed by atoms with van der Waals surface area (Å²) in [6.45, 7) is 0.477. The molecule has 1 fully saturated rings. The first-order valence-corrected chi connectivity index (χ1v) is 8.25. The van der Waals surface area contributed by atoms with Gasteiger partial charge in [-0.1, -0.05) is 24.3 Å². The molecule has 24 heavy (non-hydrogen) atoms. The number of aromatic nitrogens is 1. The Bertz CT molecular complexity index is 1060. The molecule has 2 aromatic carbocycles. The predicted octanol–water partition coefficient (Wildman–Crippen LogP) is 3.09. The Hall–Kier alpha value is -2.75. The van der Waals surface area contributed by atoms with Crippen molar-refractivity contribution >= 4 is 22.7 Å². The molecule has 0 unspecified atom stereocenters. The van der Waals surface area contributed by atoms with Crippen molar-refractivity contribution < 1.29 is 4.39 Å². The van der Waals surface area contributed by atoms with Crippen molar-refractivity contribution in [2.24, 2.45) is 4.99 Å². The number of halogens is 1. The summed E-state index contributed by atoms with van der Waals surface area (Å²) in [4.78, 5) is 11.0. The summed E-state index contributed by atoms with van der Waals surface area (Å²) in [5, 5.41) is 3.97. The minimum atomic E-state index is -0.117. The second kappa shape index (κ2) is 5.13. The van der Waals surface area contributed by atoms with Gasteiger partial charge in [0.1, 0.15) is 12.5 Å². The zero-order valence-electron chi connectivity index (χ0n) is 13.1. The van der Waals surface area contributed by atoms with Crippen LogP contribution in [0.4, 0.5) is 10.1 Å². The Morgan fingerprint density at radius 1 is 1.08 bits per heavy atom. The fourth-order valence-corrected chi connectivity index (χ4v) is 3.38. The zero-order valence-corrected chi connectivity index (χ0v) is 13.1. The van der Waals surface area contributed by atoms with Gasteiger partial charge >= 0.3 is 0 Å². The summed E-state index contributed by atoms with van der Waals surface area (Å²) in [5.41, 5.74) is 1.86. The first-order chi connectivity index (χ1) is 11.8. The molecule has 1 aliphatic heterocycles. The zero-order chi connectivity index (χ0) is 16.1. The fourth-order valence-electron chi connectivity index (χ4n) is 3.38. The molecule has 0 bridgehead atoms. The third kappa shape index (κ3) is 2.18. The molecule has 2 aliphatic rings. The molecule has 0 atom stereocenters. The quantitative estimate of drug-likeness (QED) is 0.727. The van der Waals surface area contributed by atoms with E-state index in [1.54, 1.807) is 6.07 Å². The van der Waals surface area contributed by atoms with Gasteiger partial charge in [0.15, 0.2) is 0 Å². The minimum absolute atomic E-state index is 0.117. The highest BCUT2D eigenvalue weighted by molar-refractivity contribution is 5.94. The molecule has 4 heteroatoms. The molecule has 1 saturated carbocycles. The highest BCUT2D eigenvalue weighted by Gasteiger charge is 2.27. The fraction of sp³-hybridized carbons (Fsp3) is 0.200. The van der Waals surface area contributed by atoms with Crippen molar-refractivity contribution in [3.63, 3.8) is 0 Å². The van der Waals surface area contributed by atoms with Crippen molar-refractivity contribution in [3.8, 4) is 0 Å². The second-order valence-electron chi connectivity index (χ2n) is 6.48. The van der Waals surface area contributed by atoms with E-state index in [0.29, 0.717) is 12.6 Å². The summed E-state index contributed by atoms with van der Waals surface area (Å²) in [7, 11) is 0. The van der Waals surface area contributed by atoms with E-state index in [0.717, 1.165) is 45.4 Å². The van der Waals surface area contributed by atoms with Crippen LogP contribution in [-0.4, -0.2) is 11.7 Å². The van der Waals surface area contributed by atoms with Crippen LogP contribution in [0.15, 0.2) is 53.8 Å². The maximum absolute atomic E-state index is 14.2. The first kappa shape index (κ1) is 13.7. The van der Waals surface area contributed by atoms with Gasteiger partial charge in [-0.05, 0) is 30.4 Å². The van der Waals surface area contributed by atoms with Crippen molar-refractivity contribution in [2.45, 2.75) is 18.8 Å². The van der Waals surface area contributed by atoms with Crippen LogP contribution in [0.2, 0.25) is 0 Å². The maximum atomic E-state index is 14.2. The van der Waals surface area contributed by atoms with Crippen molar-refractivity contribution in [3.05, 3.63) is 70.7 Å². The van der Waals surface area contributed by atoms with E-state index < -0.39 is 0 Å². The van der Waals surface area contributed by atoms with E-state index in [-0.39, 0.29) is 5.82 Å². The normalized spacial score (nSPS) is 16.5. The Balaban J connectivity index is 1.67. The molecule has 118 valence electrons. The molecular weight excluding hydrogens is 301 g/mol. The Kier molecular flexibility index (Phi) is 2.92. The number of hydrogen-bond donors (Lipinski definition) is 0. The largest absolute Gasteiger partial charge is 0.325 e. The van der Waals surface area contributed by atoms with E-state index in [9.17, 15) is 4.39 Å². The van der Waals surface area contributed by atoms with E-state index in [2.05, 4.69) is 33.2 Å². The standard InChI is InChI=1S/C20H16FN3/c21-18-8-19-15(7-17(18)13-5-6-13)11-24(12-23-19)20-10-22-9-14-3-1-2-4-16(14)20/h1-4,7-11,13H,5-6,12H2. The third-order valence-electron chi connectivity index (χ3n) is 4.81. The lowest BCUT2D eigenvalue weighted by Crippen LogP contribution is -2.36. The van der Waals surface area contributed by atoms with E-state index in [4.69, 9.17) is 0 Å². The molecule has 3 nitrogen and oxygen atoms in total. The van der Waals surface area contributed by atoms with E-state index >= 15 is 0 Å². The smallest absolute Gasteiger partial charge is 0.128 e. The third-order valence-corrected chi connectivity index (χ3v) is 4.81. The SMILES string of the molecule is Fc1cc2c(cc1C1CC1)=CN(c1cncc3ccccc13)CN=2. The molecule has 0 spiro atoms. The van der Waals surface area contributed by atoms with E-state index in [1.807, 2.05) is 30.6 Å². The van der Waals surface area contributed by atoms with E-state index in [1.165, 1.54) is 0 Å². The average molecular weight is 317 g/mol. The lowest BCUT2D eigenvalue weighted by molar-refractivity contribution is 0.607. The number of pyridine rings is 1. The van der Waals surface area contributed by atoms with Crippen LogP contribution >= 0.6 is 0 Å². The Morgan fingerprint density at radius 2 is 1.96 bits per heavy atom. The lowest BCUT2D eigenvalue weighted by Gasteiger charge is -2.22. The molecule has 0 radical (unpaired) electrons. The Labute approximate surface area is 138 Å². The number of anilines is 1. The Morgan fingerprint density at radius 3 is 2.83 bits per heavy atom.